The molecule has 0 saturated carbocycles. The average Bonchev–Trinajstić information content (AvgIpc) is 2.38. The topological polar surface area (TPSA) is 78.4 Å². The fourth-order valence-electron chi connectivity index (χ4n) is 1.29. The van der Waals surface area contributed by atoms with Crippen molar-refractivity contribution in [1.82, 2.24) is 5.32 Å². The number of rotatable bonds is 4. The fraction of sp³-hybridized carbons (Fsp3) is 0.429. The van der Waals surface area contributed by atoms with Crippen molar-refractivity contribution in [3.05, 3.63) is 30.1 Å². The number of para-hydroxylation sites is 1. The van der Waals surface area contributed by atoms with Crippen LogP contribution in [0.25, 0.3) is 0 Å². The van der Waals surface area contributed by atoms with E-state index < -0.39 is 23.2 Å². The van der Waals surface area contributed by atoms with Gasteiger partial charge >= 0.3 is 11.8 Å². The maximum Gasteiger partial charge on any atom is 0.313 e. The van der Waals surface area contributed by atoms with Gasteiger partial charge < -0.3 is 15.7 Å². The molecule has 2 amide bonds. The molecule has 0 aliphatic rings. The van der Waals surface area contributed by atoms with E-state index >= 15 is 0 Å². The number of hydrogen-bond donors (Lipinski definition) is 3. The minimum Gasteiger partial charge on any atom is -0.388 e. The minimum atomic E-state index is -1.12. The van der Waals surface area contributed by atoms with E-state index in [0.717, 1.165) is 0 Å². The van der Waals surface area contributed by atoms with Crippen molar-refractivity contribution >= 4 is 17.5 Å². The van der Waals surface area contributed by atoms with Crippen LogP contribution in [0.3, 0.4) is 0 Å². The van der Waals surface area contributed by atoms with Gasteiger partial charge in [0, 0.05) is 6.54 Å². The average molecular weight is 282 g/mol. The maximum atomic E-state index is 13.3. The quantitative estimate of drug-likeness (QED) is 0.728. The lowest BCUT2D eigenvalue weighted by Crippen LogP contribution is -2.47. The Morgan fingerprint density at radius 3 is 2.45 bits per heavy atom. The van der Waals surface area contributed by atoms with E-state index in [9.17, 15) is 19.1 Å². The highest BCUT2D eigenvalue weighted by molar-refractivity contribution is 6.39. The van der Waals surface area contributed by atoms with Gasteiger partial charge in [-0.3, -0.25) is 9.59 Å². The zero-order chi connectivity index (χ0) is 15.3. The van der Waals surface area contributed by atoms with Gasteiger partial charge in [-0.15, -0.1) is 0 Å². The monoisotopic (exact) mass is 282 g/mol. The van der Waals surface area contributed by atoms with E-state index in [-0.39, 0.29) is 18.2 Å². The largest absolute Gasteiger partial charge is 0.388 e. The van der Waals surface area contributed by atoms with Gasteiger partial charge in [-0.2, -0.15) is 0 Å². The zero-order valence-electron chi connectivity index (χ0n) is 11.7. The molecule has 0 radical (unpaired) electrons. The number of anilines is 1. The van der Waals surface area contributed by atoms with Crippen molar-refractivity contribution in [2.75, 3.05) is 11.9 Å². The summed E-state index contributed by atoms with van der Waals surface area (Å²) in [5.41, 5.74) is -1.18. The molecule has 1 aromatic rings. The lowest BCUT2D eigenvalue weighted by molar-refractivity contribution is -0.137. The summed E-state index contributed by atoms with van der Waals surface area (Å²) in [5, 5.41) is 14.4. The maximum absolute atomic E-state index is 13.3. The summed E-state index contributed by atoms with van der Waals surface area (Å²) < 4.78 is 13.3. The van der Waals surface area contributed by atoms with E-state index in [2.05, 4.69) is 10.6 Å². The smallest absolute Gasteiger partial charge is 0.313 e. The van der Waals surface area contributed by atoms with Crippen molar-refractivity contribution in [2.45, 2.75) is 26.4 Å². The first-order valence-corrected chi connectivity index (χ1v) is 6.30. The lowest BCUT2D eigenvalue weighted by Gasteiger charge is -2.27. The van der Waals surface area contributed by atoms with Crippen LogP contribution in [0.5, 0.6) is 0 Å². The molecule has 0 aromatic heterocycles. The molecule has 20 heavy (non-hydrogen) atoms. The van der Waals surface area contributed by atoms with Crippen LogP contribution in [0.2, 0.25) is 0 Å². The van der Waals surface area contributed by atoms with Crippen LogP contribution in [0.4, 0.5) is 10.1 Å². The second kappa shape index (κ2) is 6.47. The van der Waals surface area contributed by atoms with Gasteiger partial charge in [0.15, 0.2) is 0 Å². The van der Waals surface area contributed by atoms with Gasteiger partial charge in [0.05, 0.1) is 11.3 Å². The Balaban J connectivity index is 2.57. The lowest BCUT2D eigenvalue weighted by atomic mass is 9.92. The van der Waals surface area contributed by atoms with Crippen LogP contribution in [-0.2, 0) is 9.59 Å². The minimum absolute atomic E-state index is 0.0613. The van der Waals surface area contributed by atoms with Crippen molar-refractivity contribution in [3.8, 4) is 0 Å². The number of carbonyl (C=O) groups is 2. The molecule has 5 nitrogen and oxygen atoms in total. The molecule has 0 heterocycles. The standard InChI is InChI=1S/C14H19FN2O3/c1-9(2)14(3,20)8-16-12(18)13(19)17-11-7-5-4-6-10(11)15/h4-7,9,20H,8H2,1-3H3,(H,16,18)(H,17,19). The van der Waals surface area contributed by atoms with Crippen molar-refractivity contribution in [2.24, 2.45) is 5.92 Å². The van der Waals surface area contributed by atoms with Gasteiger partial charge in [-0.05, 0) is 25.0 Å². The first-order valence-electron chi connectivity index (χ1n) is 6.30. The predicted molar refractivity (Wildman–Crippen MR) is 73.5 cm³/mol. The number of hydrogen-bond acceptors (Lipinski definition) is 3. The molecule has 1 unspecified atom stereocenters. The molecule has 0 saturated heterocycles. The Kier molecular flexibility index (Phi) is 5.21. The molecule has 0 fully saturated rings. The zero-order valence-corrected chi connectivity index (χ0v) is 11.7. The molecular formula is C14H19FN2O3. The number of amides is 2. The van der Waals surface area contributed by atoms with Crippen molar-refractivity contribution in [3.63, 3.8) is 0 Å². The second-order valence-electron chi connectivity index (χ2n) is 5.13. The fourth-order valence-corrected chi connectivity index (χ4v) is 1.29. The number of benzene rings is 1. The number of aliphatic hydroxyl groups is 1. The molecular weight excluding hydrogens is 263 g/mol. The summed E-state index contributed by atoms with van der Waals surface area (Å²) in [7, 11) is 0. The SMILES string of the molecule is CC(C)C(C)(O)CNC(=O)C(=O)Nc1ccccc1F. The molecule has 0 bridgehead atoms. The Bertz CT molecular complexity index is 501. The van der Waals surface area contributed by atoms with Crippen LogP contribution >= 0.6 is 0 Å². The molecule has 6 heteroatoms. The van der Waals surface area contributed by atoms with Crippen LogP contribution in [0, 0.1) is 11.7 Å². The first-order chi connectivity index (χ1) is 9.24. The highest BCUT2D eigenvalue weighted by atomic mass is 19.1. The van der Waals surface area contributed by atoms with E-state index in [4.69, 9.17) is 0 Å². The summed E-state index contributed by atoms with van der Waals surface area (Å²) in [6.07, 6.45) is 0. The molecule has 3 N–H and O–H groups in total. The Morgan fingerprint density at radius 1 is 1.30 bits per heavy atom. The van der Waals surface area contributed by atoms with Gasteiger partial charge in [-0.25, -0.2) is 4.39 Å². The summed E-state index contributed by atoms with van der Waals surface area (Å²) in [4.78, 5) is 23.2. The van der Waals surface area contributed by atoms with E-state index in [1.54, 1.807) is 26.8 Å². The van der Waals surface area contributed by atoms with Crippen LogP contribution in [0.15, 0.2) is 24.3 Å². The molecule has 0 aliphatic carbocycles. The Hall–Kier alpha value is -1.95. The highest BCUT2D eigenvalue weighted by Crippen LogP contribution is 2.14. The first kappa shape index (κ1) is 16.1. The van der Waals surface area contributed by atoms with Crippen LogP contribution < -0.4 is 10.6 Å². The number of nitrogens with one attached hydrogen (secondary N) is 2. The highest BCUT2D eigenvalue weighted by Gasteiger charge is 2.26. The third-order valence-corrected chi connectivity index (χ3v) is 3.18. The Morgan fingerprint density at radius 2 is 1.90 bits per heavy atom. The number of carbonyl (C=O) groups excluding carboxylic acids is 2. The van der Waals surface area contributed by atoms with Gasteiger partial charge in [-0.1, -0.05) is 26.0 Å². The summed E-state index contributed by atoms with van der Waals surface area (Å²) in [6, 6.07) is 5.55. The molecule has 1 aromatic carbocycles. The normalized spacial score (nSPS) is 13.7. The van der Waals surface area contributed by atoms with Gasteiger partial charge in [0.2, 0.25) is 0 Å². The van der Waals surface area contributed by atoms with Crippen molar-refractivity contribution < 1.29 is 19.1 Å². The van der Waals surface area contributed by atoms with Crippen LogP contribution in [-0.4, -0.2) is 29.1 Å². The van der Waals surface area contributed by atoms with Gasteiger partial charge in [0.25, 0.3) is 0 Å². The summed E-state index contributed by atoms with van der Waals surface area (Å²) in [6.45, 7) is 5.10. The van der Waals surface area contributed by atoms with Crippen molar-refractivity contribution in [1.29, 1.82) is 0 Å². The number of halogens is 1. The second-order valence-corrected chi connectivity index (χ2v) is 5.13. The molecule has 0 spiro atoms. The Labute approximate surface area is 117 Å². The molecule has 0 aliphatic heterocycles. The van der Waals surface area contributed by atoms with E-state index in [1.807, 2.05) is 0 Å². The molecule has 110 valence electrons. The van der Waals surface area contributed by atoms with E-state index in [1.165, 1.54) is 18.2 Å². The molecule has 1 rings (SSSR count). The third-order valence-electron chi connectivity index (χ3n) is 3.18. The van der Waals surface area contributed by atoms with Gasteiger partial charge in [0.1, 0.15) is 5.82 Å². The summed E-state index contributed by atoms with van der Waals surface area (Å²) in [5.74, 6) is -2.61. The summed E-state index contributed by atoms with van der Waals surface area (Å²) >= 11 is 0. The predicted octanol–water partition coefficient (Wildman–Crippen LogP) is 1.29. The van der Waals surface area contributed by atoms with Crippen LogP contribution in [0.1, 0.15) is 20.8 Å². The van der Waals surface area contributed by atoms with E-state index in [0.29, 0.717) is 0 Å². The molecule has 1 atom stereocenters. The third kappa shape index (κ3) is 4.31.